The van der Waals surface area contributed by atoms with E-state index >= 15 is 0 Å². The second-order valence-corrected chi connectivity index (χ2v) is 4.82. The molecule has 0 radical (unpaired) electrons. The van der Waals surface area contributed by atoms with Crippen molar-refractivity contribution in [3.8, 4) is 0 Å². The Labute approximate surface area is 124 Å². The van der Waals surface area contributed by atoms with Gasteiger partial charge in [0.05, 0.1) is 12.5 Å². The minimum Gasteiger partial charge on any atom is -0.331 e. The normalized spacial score (nSPS) is 11.5. The standard InChI is InChI=1S/C17H18N2O2/c1-13(15-10-6-3-7-11-15)18-17(21)19-16(20)12-14-8-4-2-5-9-14/h2-11,13H,12H2,1H3,(H2,18,19,20,21)/t13-/m1/s1. The van der Waals surface area contributed by atoms with Crippen molar-refractivity contribution >= 4 is 11.9 Å². The maximum Gasteiger partial charge on any atom is 0.321 e. The molecule has 2 rings (SSSR count). The predicted molar refractivity (Wildman–Crippen MR) is 81.7 cm³/mol. The number of nitrogens with one attached hydrogen (secondary N) is 2. The molecule has 1 atom stereocenters. The molecule has 108 valence electrons. The number of benzene rings is 2. The zero-order valence-electron chi connectivity index (χ0n) is 11.9. The van der Waals surface area contributed by atoms with Crippen molar-refractivity contribution in [1.82, 2.24) is 10.6 Å². The minimum atomic E-state index is -0.479. The molecule has 0 spiro atoms. The molecule has 0 aromatic heterocycles. The molecule has 2 aromatic carbocycles. The van der Waals surface area contributed by atoms with E-state index < -0.39 is 6.03 Å². The lowest BCUT2D eigenvalue weighted by Gasteiger charge is -2.14. The van der Waals surface area contributed by atoms with Gasteiger partial charge in [0.1, 0.15) is 0 Å². The lowest BCUT2D eigenvalue weighted by molar-refractivity contribution is -0.119. The summed E-state index contributed by atoms with van der Waals surface area (Å²) in [6.45, 7) is 1.87. The number of hydrogen-bond donors (Lipinski definition) is 2. The lowest BCUT2D eigenvalue weighted by Crippen LogP contribution is -2.41. The van der Waals surface area contributed by atoms with Gasteiger partial charge in [-0.3, -0.25) is 10.1 Å². The van der Waals surface area contributed by atoms with E-state index in [-0.39, 0.29) is 18.4 Å². The van der Waals surface area contributed by atoms with Crippen LogP contribution in [0, 0.1) is 0 Å². The van der Waals surface area contributed by atoms with Crippen LogP contribution in [0.25, 0.3) is 0 Å². The highest BCUT2D eigenvalue weighted by Gasteiger charge is 2.12. The molecule has 3 amide bonds. The molecule has 2 aromatic rings. The maximum atomic E-state index is 11.8. The predicted octanol–water partition coefficient (Wildman–Crippen LogP) is 2.82. The second-order valence-electron chi connectivity index (χ2n) is 4.82. The number of imide groups is 1. The Balaban J connectivity index is 1.83. The molecule has 0 saturated heterocycles. The average molecular weight is 282 g/mol. The van der Waals surface area contributed by atoms with Gasteiger partial charge in [-0.2, -0.15) is 0 Å². The van der Waals surface area contributed by atoms with Gasteiger partial charge in [-0.15, -0.1) is 0 Å². The summed E-state index contributed by atoms with van der Waals surface area (Å²) in [6.07, 6.45) is 0.188. The molecule has 0 bridgehead atoms. The van der Waals surface area contributed by atoms with Crippen molar-refractivity contribution in [2.75, 3.05) is 0 Å². The van der Waals surface area contributed by atoms with E-state index in [0.717, 1.165) is 11.1 Å². The Morgan fingerprint density at radius 2 is 1.52 bits per heavy atom. The van der Waals surface area contributed by atoms with Gasteiger partial charge in [0.2, 0.25) is 5.91 Å². The van der Waals surface area contributed by atoms with Crippen LogP contribution < -0.4 is 10.6 Å². The van der Waals surface area contributed by atoms with Crippen molar-refractivity contribution in [2.24, 2.45) is 0 Å². The Morgan fingerprint density at radius 3 is 2.14 bits per heavy atom. The summed E-state index contributed by atoms with van der Waals surface area (Å²) in [5, 5.41) is 5.08. The highest BCUT2D eigenvalue weighted by Crippen LogP contribution is 2.10. The van der Waals surface area contributed by atoms with Gasteiger partial charge >= 0.3 is 6.03 Å². The second kappa shape index (κ2) is 7.24. The highest BCUT2D eigenvalue weighted by atomic mass is 16.2. The quantitative estimate of drug-likeness (QED) is 0.906. The van der Waals surface area contributed by atoms with Crippen LogP contribution in [0.1, 0.15) is 24.1 Å². The van der Waals surface area contributed by atoms with Crippen LogP contribution in [0.4, 0.5) is 4.79 Å². The zero-order chi connectivity index (χ0) is 15.1. The molecular formula is C17H18N2O2. The fourth-order valence-electron chi connectivity index (χ4n) is 2.01. The smallest absolute Gasteiger partial charge is 0.321 e. The van der Waals surface area contributed by atoms with Gasteiger partial charge < -0.3 is 5.32 Å². The Morgan fingerprint density at radius 1 is 0.952 bits per heavy atom. The van der Waals surface area contributed by atoms with Crippen LogP contribution in [0.2, 0.25) is 0 Å². The third-order valence-electron chi connectivity index (χ3n) is 3.11. The van der Waals surface area contributed by atoms with Gasteiger partial charge in [0.25, 0.3) is 0 Å². The molecule has 0 aliphatic carbocycles. The van der Waals surface area contributed by atoms with Crippen molar-refractivity contribution in [3.05, 3.63) is 71.8 Å². The Hall–Kier alpha value is -2.62. The van der Waals surface area contributed by atoms with Gasteiger partial charge in [-0.25, -0.2) is 4.79 Å². The Bertz CT molecular complexity index is 597. The van der Waals surface area contributed by atoms with Crippen LogP contribution in [0.3, 0.4) is 0 Å². The molecule has 0 heterocycles. The summed E-state index contributed by atoms with van der Waals surface area (Å²) >= 11 is 0. The molecule has 4 heteroatoms. The molecular weight excluding hydrogens is 264 g/mol. The number of carbonyl (C=O) groups is 2. The topological polar surface area (TPSA) is 58.2 Å². The SMILES string of the molecule is C[C@@H](NC(=O)NC(=O)Cc1ccccc1)c1ccccc1. The Kier molecular flexibility index (Phi) is 5.10. The largest absolute Gasteiger partial charge is 0.331 e. The molecule has 0 saturated carbocycles. The number of carbonyl (C=O) groups excluding carboxylic acids is 2. The van der Waals surface area contributed by atoms with E-state index in [1.165, 1.54) is 0 Å². The number of urea groups is 1. The van der Waals surface area contributed by atoms with Gasteiger partial charge in [-0.1, -0.05) is 60.7 Å². The highest BCUT2D eigenvalue weighted by molar-refractivity contribution is 5.95. The van der Waals surface area contributed by atoms with Crippen molar-refractivity contribution in [2.45, 2.75) is 19.4 Å². The van der Waals surface area contributed by atoms with Crippen LogP contribution in [0.5, 0.6) is 0 Å². The summed E-state index contributed by atoms with van der Waals surface area (Å²) in [5.74, 6) is -0.320. The summed E-state index contributed by atoms with van der Waals surface area (Å²) in [6, 6.07) is 18.3. The molecule has 21 heavy (non-hydrogen) atoms. The fourth-order valence-corrected chi connectivity index (χ4v) is 2.01. The third kappa shape index (κ3) is 4.76. The van der Waals surface area contributed by atoms with Crippen LogP contribution in [-0.2, 0) is 11.2 Å². The van der Waals surface area contributed by atoms with E-state index in [1.807, 2.05) is 67.6 Å². The molecule has 2 N–H and O–H groups in total. The zero-order valence-corrected chi connectivity index (χ0v) is 11.9. The summed E-state index contributed by atoms with van der Waals surface area (Å²) in [5.41, 5.74) is 1.86. The number of rotatable bonds is 4. The van der Waals surface area contributed by atoms with Crippen LogP contribution in [-0.4, -0.2) is 11.9 Å². The van der Waals surface area contributed by atoms with E-state index in [4.69, 9.17) is 0 Å². The first-order valence-corrected chi connectivity index (χ1v) is 6.84. The third-order valence-corrected chi connectivity index (χ3v) is 3.11. The molecule has 0 fully saturated rings. The van der Waals surface area contributed by atoms with E-state index in [2.05, 4.69) is 10.6 Å². The molecule has 0 unspecified atom stereocenters. The van der Waals surface area contributed by atoms with E-state index in [9.17, 15) is 9.59 Å². The lowest BCUT2D eigenvalue weighted by atomic mass is 10.1. The monoisotopic (exact) mass is 282 g/mol. The summed E-state index contributed by atoms with van der Waals surface area (Å²) < 4.78 is 0. The number of hydrogen-bond acceptors (Lipinski definition) is 2. The first-order valence-electron chi connectivity index (χ1n) is 6.84. The van der Waals surface area contributed by atoms with E-state index in [1.54, 1.807) is 0 Å². The van der Waals surface area contributed by atoms with Crippen molar-refractivity contribution in [1.29, 1.82) is 0 Å². The summed E-state index contributed by atoms with van der Waals surface area (Å²) in [7, 11) is 0. The van der Waals surface area contributed by atoms with E-state index in [0.29, 0.717) is 0 Å². The minimum absolute atomic E-state index is 0.157. The van der Waals surface area contributed by atoms with Gasteiger partial charge in [0.15, 0.2) is 0 Å². The van der Waals surface area contributed by atoms with Gasteiger partial charge in [-0.05, 0) is 18.1 Å². The first-order chi connectivity index (χ1) is 10.1. The molecule has 0 aliphatic rings. The van der Waals surface area contributed by atoms with Crippen LogP contribution in [0.15, 0.2) is 60.7 Å². The average Bonchev–Trinajstić information content (AvgIpc) is 2.48. The molecule has 0 aliphatic heterocycles. The first kappa shape index (κ1) is 14.8. The van der Waals surface area contributed by atoms with Crippen molar-refractivity contribution in [3.63, 3.8) is 0 Å². The summed E-state index contributed by atoms with van der Waals surface area (Å²) in [4.78, 5) is 23.6. The number of amides is 3. The van der Waals surface area contributed by atoms with Crippen molar-refractivity contribution < 1.29 is 9.59 Å². The van der Waals surface area contributed by atoms with Crippen LogP contribution >= 0.6 is 0 Å². The molecule has 4 nitrogen and oxygen atoms in total. The maximum absolute atomic E-state index is 11.8. The van der Waals surface area contributed by atoms with Gasteiger partial charge in [0, 0.05) is 0 Å². The fraction of sp³-hybridized carbons (Fsp3) is 0.176.